The van der Waals surface area contributed by atoms with Crippen molar-refractivity contribution in [2.45, 2.75) is 53.4 Å². The van der Waals surface area contributed by atoms with E-state index in [0.29, 0.717) is 25.4 Å². The number of carbonyl (C=O) groups excluding carboxylic acids is 1. The van der Waals surface area contributed by atoms with E-state index in [9.17, 15) is 9.59 Å². The molecule has 112 valence electrons. The van der Waals surface area contributed by atoms with Crippen molar-refractivity contribution in [2.75, 3.05) is 13.1 Å². The van der Waals surface area contributed by atoms with Crippen molar-refractivity contribution in [3.05, 3.63) is 0 Å². The van der Waals surface area contributed by atoms with Crippen LogP contribution in [0.2, 0.25) is 0 Å². The first-order chi connectivity index (χ1) is 8.76. The zero-order chi connectivity index (χ0) is 14.9. The van der Waals surface area contributed by atoms with E-state index in [4.69, 9.17) is 5.11 Å². The summed E-state index contributed by atoms with van der Waals surface area (Å²) in [4.78, 5) is 22.0. The molecule has 0 fully saturated rings. The molecule has 1 unspecified atom stereocenters. The summed E-state index contributed by atoms with van der Waals surface area (Å²) in [5.74, 6) is -0.287. The monoisotopic (exact) mass is 272 g/mol. The van der Waals surface area contributed by atoms with Gasteiger partial charge in [-0.05, 0) is 24.2 Å². The van der Waals surface area contributed by atoms with Crippen molar-refractivity contribution in [3.8, 4) is 0 Å². The molecule has 2 amide bonds. The van der Waals surface area contributed by atoms with E-state index in [1.165, 1.54) is 0 Å². The Morgan fingerprint density at radius 2 is 1.84 bits per heavy atom. The van der Waals surface area contributed by atoms with Gasteiger partial charge in [0.05, 0.1) is 0 Å². The van der Waals surface area contributed by atoms with Gasteiger partial charge in [-0.2, -0.15) is 0 Å². The molecule has 0 heterocycles. The van der Waals surface area contributed by atoms with E-state index in [-0.39, 0.29) is 17.9 Å². The first kappa shape index (κ1) is 17.7. The summed E-state index contributed by atoms with van der Waals surface area (Å²) < 4.78 is 0. The number of rotatable bonds is 9. The zero-order valence-electron chi connectivity index (χ0n) is 12.6. The average Bonchev–Trinajstić information content (AvgIpc) is 2.33. The Kier molecular flexibility index (Phi) is 8.19. The molecule has 0 spiro atoms. The maximum absolute atomic E-state index is 11.5. The Balaban J connectivity index is 3.76. The Morgan fingerprint density at radius 1 is 1.21 bits per heavy atom. The van der Waals surface area contributed by atoms with Gasteiger partial charge in [-0.15, -0.1) is 0 Å². The minimum atomic E-state index is -0.771. The van der Waals surface area contributed by atoms with Gasteiger partial charge in [-0.25, -0.2) is 4.79 Å². The molecule has 0 aliphatic heterocycles. The normalized spacial score (nSPS) is 12.8. The molecule has 5 heteroatoms. The van der Waals surface area contributed by atoms with Crippen LogP contribution >= 0.6 is 0 Å². The van der Waals surface area contributed by atoms with Crippen LogP contribution in [0.1, 0.15) is 53.4 Å². The molecule has 0 radical (unpaired) electrons. The molecule has 5 nitrogen and oxygen atoms in total. The first-order valence-corrected chi connectivity index (χ1v) is 7.00. The van der Waals surface area contributed by atoms with Crippen LogP contribution in [0, 0.1) is 11.3 Å². The van der Waals surface area contributed by atoms with E-state index in [1.54, 1.807) is 0 Å². The molecule has 3 N–H and O–H groups in total. The summed E-state index contributed by atoms with van der Waals surface area (Å²) in [6.45, 7) is 9.48. The van der Waals surface area contributed by atoms with Gasteiger partial charge in [0.1, 0.15) is 0 Å². The van der Waals surface area contributed by atoms with E-state index in [2.05, 4.69) is 24.5 Å². The largest absolute Gasteiger partial charge is 0.481 e. The van der Waals surface area contributed by atoms with Gasteiger partial charge in [-0.3, -0.25) is 4.79 Å². The van der Waals surface area contributed by atoms with Crippen molar-refractivity contribution < 1.29 is 14.7 Å². The second-order valence-electron chi connectivity index (χ2n) is 5.96. The smallest absolute Gasteiger partial charge is 0.314 e. The average molecular weight is 272 g/mol. The molecule has 1 atom stereocenters. The Bertz CT molecular complexity index is 290. The maximum Gasteiger partial charge on any atom is 0.314 e. The van der Waals surface area contributed by atoms with Gasteiger partial charge in [0.15, 0.2) is 0 Å². The Morgan fingerprint density at radius 3 is 2.37 bits per heavy atom. The summed E-state index contributed by atoms with van der Waals surface area (Å²) >= 11 is 0. The van der Waals surface area contributed by atoms with Gasteiger partial charge in [0, 0.05) is 19.5 Å². The number of hydrogen-bond acceptors (Lipinski definition) is 2. The van der Waals surface area contributed by atoms with Crippen LogP contribution < -0.4 is 10.6 Å². The number of aliphatic carboxylic acids is 1. The molecule has 0 aromatic carbocycles. The lowest BCUT2D eigenvalue weighted by Gasteiger charge is -2.24. The number of hydrogen-bond donors (Lipinski definition) is 3. The van der Waals surface area contributed by atoms with Crippen LogP contribution in [-0.2, 0) is 4.79 Å². The molecule has 19 heavy (non-hydrogen) atoms. The third-order valence-electron chi connectivity index (χ3n) is 3.41. The van der Waals surface area contributed by atoms with E-state index in [1.807, 2.05) is 13.8 Å². The number of nitrogens with one attached hydrogen (secondary N) is 2. The van der Waals surface area contributed by atoms with Gasteiger partial charge >= 0.3 is 12.0 Å². The van der Waals surface area contributed by atoms with Crippen molar-refractivity contribution in [3.63, 3.8) is 0 Å². The second kappa shape index (κ2) is 8.77. The minimum Gasteiger partial charge on any atom is -0.481 e. The topological polar surface area (TPSA) is 78.4 Å². The highest BCUT2D eigenvalue weighted by atomic mass is 16.4. The Labute approximate surface area is 116 Å². The predicted molar refractivity (Wildman–Crippen MR) is 76.1 cm³/mol. The number of urea groups is 1. The summed E-state index contributed by atoms with van der Waals surface area (Å²) in [7, 11) is 0. The summed E-state index contributed by atoms with van der Waals surface area (Å²) in [5.41, 5.74) is -0.0671. The lowest BCUT2D eigenvalue weighted by atomic mass is 9.84. The fourth-order valence-electron chi connectivity index (χ4n) is 1.56. The zero-order valence-corrected chi connectivity index (χ0v) is 12.6. The lowest BCUT2D eigenvalue weighted by molar-refractivity contribution is -0.137. The number of amides is 2. The maximum atomic E-state index is 11.5. The highest BCUT2D eigenvalue weighted by Crippen LogP contribution is 2.25. The van der Waals surface area contributed by atoms with Crippen LogP contribution in [0.5, 0.6) is 0 Å². The third kappa shape index (κ3) is 10.4. The molecule has 0 aliphatic carbocycles. The molecule has 0 saturated heterocycles. The summed E-state index contributed by atoms with van der Waals surface area (Å²) in [6, 6.07) is -0.144. The highest BCUT2D eigenvalue weighted by molar-refractivity contribution is 5.73. The number of carboxylic acids is 1. The molecular weight excluding hydrogens is 244 g/mol. The van der Waals surface area contributed by atoms with Gasteiger partial charge in [0.2, 0.25) is 0 Å². The number of carboxylic acid groups (broad SMARTS) is 1. The van der Waals surface area contributed by atoms with E-state index < -0.39 is 5.97 Å². The predicted octanol–water partition coefficient (Wildman–Crippen LogP) is 2.61. The van der Waals surface area contributed by atoms with Crippen molar-refractivity contribution in [1.29, 1.82) is 0 Å². The SMILES string of the molecule is CCC(C)CNC(=O)NCCC(C)(C)CCC(=O)O. The minimum absolute atomic E-state index is 0.0671. The molecular formula is C14H28N2O3. The molecule has 0 aromatic heterocycles. The summed E-state index contributed by atoms with van der Waals surface area (Å²) in [6.07, 6.45) is 2.62. The molecule has 0 aromatic rings. The van der Waals surface area contributed by atoms with Gasteiger partial charge in [-0.1, -0.05) is 34.1 Å². The fourth-order valence-corrected chi connectivity index (χ4v) is 1.56. The molecule has 0 rings (SSSR count). The van der Waals surface area contributed by atoms with Gasteiger partial charge in [0.25, 0.3) is 0 Å². The van der Waals surface area contributed by atoms with Crippen LogP contribution in [-0.4, -0.2) is 30.2 Å². The van der Waals surface area contributed by atoms with Crippen LogP contribution in [0.15, 0.2) is 0 Å². The second-order valence-corrected chi connectivity index (χ2v) is 5.96. The lowest BCUT2D eigenvalue weighted by Crippen LogP contribution is -2.39. The van der Waals surface area contributed by atoms with Crippen molar-refractivity contribution >= 4 is 12.0 Å². The quantitative estimate of drug-likeness (QED) is 0.603. The standard InChI is InChI=1S/C14H28N2O3/c1-5-11(2)10-16-13(19)15-9-8-14(3,4)7-6-12(17)18/h11H,5-10H2,1-4H3,(H,17,18)(H2,15,16,19). The van der Waals surface area contributed by atoms with Crippen molar-refractivity contribution in [1.82, 2.24) is 10.6 Å². The van der Waals surface area contributed by atoms with E-state index in [0.717, 1.165) is 12.8 Å². The van der Waals surface area contributed by atoms with Crippen molar-refractivity contribution in [2.24, 2.45) is 11.3 Å². The first-order valence-electron chi connectivity index (χ1n) is 7.00. The Hall–Kier alpha value is -1.26. The fraction of sp³-hybridized carbons (Fsp3) is 0.857. The molecule has 0 saturated carbocycles. The van der Waals surface area contributed by atoms with Crippen LogP contribution in [0.3, 0.4) is 0 Å². The number of carbonyl (C=O) groups is 2. The molecule has 0 bridgehead atoms. The van der Waals surface area contributed by atoms with Crippen LogP contribution in [0.4, 0.5) is 4.79 Å². The third-order valence-corrected chi connectivity index (χ3v) is 3.41. The van der Waals surface area contributed by atoms with Crippen LogP contribution in [0.25, 0.3) is 0 Å². The summed E-state index contributed by atoms with van der Waals surface area (Å²) in [5, 5.41) is 14.3. The van der Waals surface area contributed by atoms with E-state index >= 15 is 0 Å². The highest BCUT2D eigenvalue weighted by Gasteiger charge is 2.19. The van der Waals surface area contributed by atoms with Gasteiger partial charge < -0.3 is 15.7 Å². The molecule has 0 aliphatic rings.